The summed E-state index contributed by atoms with van der Waals surface area (Å²) >= 11 is 8.95. The number of Topliss-reactive ketones (excluding diaryl/α,β-unsaturated/α-hetero) is 1. The van der Waals surface area contributed by atoms with Crippen LogP contribution in [0.2, 0.25) is 5.02 Å². The molecule has 110 valence electrons. The van der Waals surface area contributed by atoms with E-state index in [0.717, 1.165) is 0 Å². The van der Waals surface area contributed by atoms with Crippen molar-refractivity contribution in [1.29, 1.82) is 0 Å². The van der Waals surface area contributed by atoms with Crippen LogP contribution in [0.5, 0.6) is 11.5 Å². The highest BCUT2D eigenvalue weighted by atomic mass is 79.9. The van der Waals surface area contributed by atoms with E-state index in [9.17, 15) is 9.18 Å². The molecule has 0 aliphatic rings. The first-order valence-electron chi connectivity index (χ1n) is 5.96. The van der Waals surface area contributed by atoms with Crippen molar-refractivity contribution in [2.45, 2.75) is 0 Å². The second kappa shape index (κ2) is 6.91. The molecule has 0 aliphatic carbocycles. The van der Waals surface area contributed by atoms with E-state index in [0.29, 0.717) is 21.5 Å². The average Bonchev–Trinajstić information content (AvgIpc) is 2.48. The fourth-order valence-corrected chi connectivity index (χ4v) is 2.35. The Morgan fingerprint density at radius 1 is 1.29 bits per heavy atom. The second-order valence-electron chi connectivity index (χ2n) is 4.14. The smallest absolute Gasteiger partial charge is 0.200 e. The van der Waals surface area contributed by atoms with Crippen LogP contribution in [0.1, 0.15) is 10.4 Å². The molecule has 2 rings (SSSR count). The molecule has 0 heterocycles. The van der Waals surface area contributed by atoms with Gasteiger partial charge in [0.25, 0.3) is 0 Å². The lowest BCUT2D eigenvalue weighted by molar-refractivity contribution is 0.0921. The molecule has 0 unspecified atom stereocenters. The van der Waals surface area contributed by atoms with Crippen molar-refractivity contribution in [2.75, 3.05) is 13.7 Å². The van der Waals surface area contributed by atoms with Crippen LogP contribution in [0.15, 0.2) is 40.9 Å². The number of benzene rings is 2. The Morgan fingerprint density at radius 2 is 2.05 bits per heavy atom. The molecule has 2 aromatic rings. The first kappa shape index (κ1) is 15.8. The molecule has 0 atom stereocenters. The summed E-state index contributed by atoms with van der Waals surface area (Å²) in [7, 11) is 1.54. The van der Waals surface area contributed by atoms with E-state index in [1.807, 2.05) is 0 Å². The zero-order valence-corrected chi connectivity index (χ0v) is 13.4. The second-order valence-corrected chi connectivity index (χ2v) is 5.40. The molecular weight excluding hydrogens is 363 g/mol. The summed E-state index contributed by atoms with van der Waals surface area (Å²) in [4.78, 5) is 12.0. The van der Waals surface area contributed by atoms with Gasteiger partial charge in [-0.1, -0.05) is 11.6 Å². The average molecular weight is 374 g/mol. The number of carbonyl (C=O) groups excluding carboxylic acids is 1. The van der Waals surface area contributed by atoms with Crippen molar-refractivity contribution in [3.8, 4) is 11.5 Å². The Morgan fingerprint density at radius 3 is 2.67 bits per heavy atom. The monoisotopic (exact) mass is 372 g/mol. The normalized spacial score (nSPS) is 10.3. The molecule has 2 aromatic carbocycles. The maximum atomic E-state index is 13.0. The lowest BCUT2D eigenvalue weighted by Gasteiger charge is -2.08. The number of rotatable bonds is 5. The standard InChI is InChI=1S/C15H11BrClFO3/c1-20-15-5-2-9(6-11(15)16)14(19)8-21-10-3-4-13(18)12(17)7-10/h2-7H,8H2,1H3. The molecule has 0 radical (unpaired) electrons. The fraction of sp³-hybridized carbons (Fsp3) is 0.133. The van der Waals surface area contributed by atoms with Crippen LogP contribution in [-0.2, 0) is 0 Å². The van der Waals surface area contributed by atoms with Gasteiger partial charge < -0.3 is 9.47 Å². The molecule has 6 heteroatoms. The predicted molar refractivity (Wildman–Crippen MR) is 81.9 cm³/mol. The molecule has 0 fully saturated rings. The maximum absolute atomic E-state index is 13.0. The van der Waals surface area contributed by atoms with Crippen LogP contribution in [-0.4, -0.2) is 19.5 Å². The maximum Gasteiger partial charge on any atom is 0.200 e. The Labute approximate surface area is 134 Å². The summed E-state index contributed by atoms with van der Waals surface area (Å²) in [6.07, 6.45) is 0. The van der Waals surface area contributed by atoms with Crippen molar-refractivity contribution in [3.63, 3.8) is 0 Å². The number of halogens is 3. The number of ether oxygens (including phenoxy) is 2. The summed E-state index contributed by atoms with van der Waals surface area (Å²) in [5, 5.41) is -0.0489. The molecular formula is C15H11BrClFO3. The zero-order chi connectivity index (χ0) is 15.4. The number of hydrogen-bond acceptors (Lipinski definition) is 3. The molecule has 0 aliphatic heterocycles. The Balaban J connectivity index is 2.04. The Bertz CT molecular complexity index is 676. The molecule has 0 bridgehead atoms. The predicted octanol–water partition coefficient (Wildman–Crippen LogP) is 4.51. The van der Waals surface area contributed by atoms with Gasteiger partial charge in [-0.25, -0.2) is 4.39 Å². The molecule has 3 nitrogen and oxygen atoms in total. The minimum Gasteiger partial charge on any atom is -0.496 e. The molecule has 0 spiro atoms. The zero-order valence-electron chi connectivity index (χ0n) is 11.0. The van der Waals surface area contributed by atoms with E-state index in [1.54, 1.807) is 25.3 Å². The first-order valence-corrected chi connectivity index (χ1v) is 7.13. The van der Waals surface area contributed by atoms with Gasteiger partial charge in [0.2, 0.25) is 0 Å². The summed E-state index contributed by atoms with van der Waals surface area (Å²) < 4.78 is 24.1. The van der Waals surface area contributed by atoms with Gasteiger partial charge in [-0.15, -0.1) is 0 Å². The third kappa shape index (κ3) is 3.95. The van der Waals surface area contributed by atoms with E-state index in [2.05, 4.69) is 15.9 Å². The molecule has 0 aromatic heterocycles. The highest BCUT2D eigenvalue weighted by Crippen LogP contribution is 2.26. The summed E-state index contributed by atoms with van der Waals surface area (Å²) in [5.41, 5.74) is 0.482. The fourth-order valence-electron chi connectivity index (χ4n) is 1.64. The number of carbonyl (C=O) groups is 1. The van der Waals surface area contributed by atoms with Crippen LogP contribution in [0, 0.1) is 5.82 Å². The van der Waals surface area contributed by atoms with Crippen molar-refractivity contribution < 1.29 is 18.7 Å². The lowest BCUT2D eigenvalue weighted by atomic mass is 10.1. The van der Waals surface area contributed by atoms with Crippen LogP contribution >= 0.6 is 27.5 Å². The van der Waals surface area contributed by atoms with Crippen LogP contribution < -0.4 is 9.47 Å². The van der Waals surface area contributed by atoms with Crippen molar-refractivity contribution in [3.05, 3.63) is 57.3 Å². The van der Waals surface area contributed by atoms with Gasteiger partial charge in [-0.2, -0.15) is 0 Å². The SMILES string of the molecule is COc1ccc(C(=O)COc2ccc(F)c(Cl)c2)cc1Br. The van der Waals surface area contributed by atoms with Crippen LogP contribution in [0.4, 0.5) is 4.39 Å². The Hall–Kier alpha value is -1.59. The van der Waals surface area contributed by atoms with Crippen molar-refractivity contribution >= 4 is 33.3 Å². The summed E-state index contributed by atoms with van der Waals surface area (Å²) in [5.74, 6) is 0.230. The van der Waals surface area contributed by atoms with Crippen LogP contribution in [0.25, 0.3) is 0 Å². The third-order valence-corrected chi connectivity index (χ3v) is 3.64. The summed E-state index contributed by atoms with van der Waals surface area (Å²) in [6.45, 7) is -0.166. The quantitative estimate of drug-likeness (QED) is 0.723. The number of methoxy groups -OCH3 is 1. The lowest BCUT2D eigenvalue weighted by Crippen LogP contribution is -2.11. The van der Waals surface area contributed by atoms with Gasteiger partial charge >= 0.3 is 0 Å². The van der Waals surface area contributed by atoms with Gasteiger partial charge in [0.05, 0.1) is 16.6 Å². The van der Waals surface area contributed by atoms with E-state index in [4.69, 9.17) is 21.1 Å². The molecule has 0 amide bonds. The van der Waals surface area contributed by atoms with Crippen molar-refractivity contribution in [2.24, 2.45) is 0 Å². The van der Waals surface area contributed by atoms with E-state index in [1.165, 1.54) is 18.2 Å². The van der Waals surface area contributed by atoms with E-state index < -0.39 is 5.82 Å². The van der Waals surface area contributed by atoms with Gasteiger partial charge in [0.15, 0.2) is 12.4 Å². The van der Waals surface area contributed by atoms with Gasteiger partial charge in [0.1, 0.15) is 17.3 Å². The topological polar surface area (TPSA) is 35.5 Å². The van der Waals surface area contributed by atoms with E-state index >= 15 is 0 Å². The van der Waals surface area contributed by atoms with Crippen molar-refractivity contribution in [1.82, 2.24) is 0 Å². The highest BCUT2D eigenvalue weighted by molar-refractivity contribution is 9.10. The highest BCUT2D eigenvalue weighted by Gasteiger charge is 2.10. The molecule has 0 N–H and O–H groups in total. The third-order valence-electron chi connectivity index (χ3n) is 2.73. The largest absolute Gasteiger partial charge is 0.496 e. The number of ketones is 1. The molecule has 0 saturated heterocycles. The Kier molecular flexibility index (Phi) is 5.20. The summed E-state index contributed by atoms with van der Waals surface area (Å²) in [6, 6.07) is 8.92. The van der Waals surface area contributed by atoms with Gasteiger partial charge in [-0.05, 0) is 46.3 Å². The molecule has 0 saturated carbocycles. The van der Waals surface area contributed by atoms with E-state index in [-0.39, 0.29) is 17.4 Å². The number of hydrogen-bond donors (Lipinski definition) is 0. The first-order chi connectivity index (χ1) is 10.0. The van der Waals surface area contributed by atoms with Crippen LogP contribution in [0.3, 0.4) is 0 Å². The minimum absolute atomic E-state index is 0.0489. The minimum atomic E-state index is -0.533. The van der Waals surface area contributed by atoms with Gasteiger partial charge in [-0.3, -0.25) is 4.79 Å². The molecule has 21 heavy (non-hydrogen) atoms. The van der Waals surface area contributed by atoms with Gasteiger partial charge in [0, 0.05) is 11.6 Å².